The van der Waals surface area contributed by atoms with Gasteiger partial charge in [0.25, 0.3) is 0 Å². The summed E-state index contributed by atoms with van der Waals surface area (Å²) in [5, 5.41) is 3.26. The number of benzene rings is 1. The summed E-state index contributed by atoms with van der Waals surface area (Å²) in [6.45, 7) is 3.59. The Kier molecular flexibility index (Phi) is 6.66. The molecule has 0 bridgehead atoms. The van der Waals surface area contributed by atoms with E-state index < -0.39 is 0 Å². The molecule has 5 heteroatoms. The first-order chi connectivity index (χ1) is 10.3. The highest BCUT2D eigenvalue weighted by molar-refractivity contribution is 5.79. The minimum absolute atomic E-state index is 0.161. The second-order valence-electron chi connectivity index (χ2n) is 5.01. The van der Waals surface area contributed by atoms with Crippen molar-refractivity contribution < 1.29 is 19.0 Å². The maximum absolute atomic E-state index is 12.2. The molecule has 21 heavy (non-hydrogen) atoms. The van der Waals surface area contributed by atoms with Crippen molar-refractivity contribution in [3.63, 3.8) is 0 Å². The minimum atomic E-state index is -0.204. The van der Waals surface area contributed by atoms with Crippen LogP contribution in [-0.2, 0) is 25.5 Å². The number of rotatable bonds is 8. The molecule has 0 saturated heterocycles. The first-order valence-electron chi connectivity index (χ1n) is 7.34. The summed E-state index contributed by atoms with van der Waals surface area (Å²) in [5.74, 6) is -0.365. The van der Waals surface area contributed by atoms with E-state index in [2.05, 4.69) is 5.32 Å². The SMILES string of the molecule is COCCOCCCOC(=O)C1CNCc2ccccc21. The van der Waals surface area contributed by atoms with Crippen molar-refractivity contribution >= 4 is 5.97 Å². The van der Waals surface area contributed by atoms with E-state index in [1.807, 2.05) is 24.3 Å². The summed E-state index contributed by atoms with van der Waals surface area (Å²) in [7, 11) is 1.64. The van der Waals surface area contributed by atoms with E-state index in [0.717, 1.165) is 12.1 Å². The molecule has 1 aliphatic rings. The Morgan fingerprint density at radius 2 is 2.10 bits per heavy atom. The lowest BCUT2D eigenvalue weighted by Crippen LogP contribution is -2.33. The van der Waals surface area contributed by atoms with Crippen molar-refractivity contribution in [2.24, 2.45) is 0 Å². The molecule has 0 fully saturated rings. The second-order valence-corrected chi connectivity index (χ2v) is 5.01. The summed E-state index contributed by atoms with van der Waals surface area (Å²) < 4.78 is 15.6. The van der Waals surface area contributed by atoms with Gasteiger partial charge in [-0.25, -0.2) is 0 Å². The number of fused-ring (bicyclic) bond motifs is 1. The summed E-state index contributed by atoms with van der Waals surface area (Å²) >= 11 is 0. The number of esters is 1. The lowest BCUT2D eigenvalue weighted by atomic mass is 9.91. The first-order valence-corrected chi connectivity index (χ1v) is 7.34. The molecule has 5 nitrogen and oxygen atoms in total. The summed E-state index contributed by atoms with van der Waals surface area (Å²) in [4.78, 5) is 12.2. The van der Waals surface area contributed by atoms with Crippen LogP contribution in [-0.4, -0.2) is 46.1 Å². The van der Waals surface area contributed by atoms with E-state index in [1.165, 1.54) is 5.56 Å². The van der Waals surface area contributed by atoms with Gasteiger partial charge < -0.3 is 19.5 Å². The van der Waals surface area contributed by atoms with E-state index in [1.54, 1.807) is 7.11 Å². The molecule has 1 unspecified atom stereocenters. The molecule has 1 atom stereocenters. The topological polar surface area (TPSA) is 56.8 Å². The molecule has 1 aromatic rings. The van der Waals surface area contributed by atoms with Crippen molar-refractivity contribution in [1.29, 1.82) is 0 Å². The van der Waals surface area contributed by atoms with Crippen molar-refractivity contribution in [3.05, 3.63) is 35.4 Å². The van der Waals surface area contributed by atoms with Crippen LogP contribution >= 0.6 is 0 Å². The van der Waals surface area contributed by atoms with Gasteiger partial charge in [0.1, 0.15) is 0 Å². The number of methoxy groups -OCH3 is 1. The molecule has 1 N–H and O–H groups in total. The van der Waals surface area contributed by atoms with E-state index in [-0.39, 0.29) is 11.9 Å². The number of hydrogen-bond acceptors (Lipinski definition) is 5. The third-order valence-corrected chi connectivity index (χ3v) is 3.49. The summed E-state index contributed by atoms with van der Waals surface area (Å²) in [6.07, 6.45) is 0.706. The molecule has 1 heterocycles. The molecule has 0 radical (unpaired) electrons. The first kappa shape index (κ1) is 15.9. The van der Waals surface area contributed by atoms with Gasteiger partial charge in [-0.3, -0.25) is 4.79 Å². The summed E-state index contributed by atoms with van der Waals surface area (Å²) in [5.41, 5.74) is 2.26. The van der Waals surface area contributed by atoms with Gasteiger partial charge >= 0.3 is 5.97 Å². The third-order valence-electron chi connectivity index (χ3n) is 3.49. The number of carbonyl (C=O) groups excluding carboxylic acids is 1. The Labute approximate surface area is 125 Å². The average molecular weight is 293 g/mol. The zero-order valence-electron chi connectivity index (χ0n) is 12.5. The second kappa shape index (κ2) is 8.77. The van der Waals surface area contributed by atoms with E-state index >= 15 is 0 Å². The lowest BCUT2D eigenvalue weighted by molar-refractivity contribution is -0.146. The highest BCUT2D eigenvalue weighted by atomic mass is 16.5. The smallest absolute Gasteiger partial charge is 0.314 e. The van der Waals surface area contributed by atoms with Gasteiger partial charge in [-0.2, -0.15) is 0 Å². The van der Waals surface area contributed by atoms with E-state index in [9.17, 15) is 4.79 Å². The molecule has 0 saturated carbocycles. The molecule has 2 rings (SSSR count). The number of ether oxygens (including phenoxy) is 3. The highest BCUT2D eigenvalue weighted by Gasteiger charge is 2.27. The van der Waals surface area contributed by atoms with Crippen LogP contribution in [0.1, 0.15) is 23.5 Å². The monoisotopic (exact) mass is 293 g/mol. The van der Waals surface area contributed by atoms with Gasteiger partial charge in [0.15, 0.2) is 0 Å². The van der Waals surface area contributed by atoms with Crippen LogP contribution in [0.2, 0.25) is 0 Å². The maximum Gasteiger partial charge on any atom is 0.314 e. The van der Waals surface area contributed by atoms with Gasteiger partial charge in [0.05, 0.1) is 25.7 Å². The van der Waals surface area contributed by atoms with Crippen molar-refractivity contribution in [1.82, 2.24) is 5.32 Å². The Balaban J connectivity index is 1.72. The molecule has 0 aliphatic carbocycles. The summed E-state index contributed by atoms with van der Waals surface area (Å²) in [6, 6.07) is 8.01. The number of nitrogens with one attached hydrogen (secondary N) is 1. The van der Waals surface area contributed by atoms with Crippen molar-refractivity contribution in [2.75, 3.05) is 40.1 Å². The van der Waals surface area contributed by atoms with Gasteiger partial charge in [-0.05, 0) is 11.1 Å². The standard InChI is InChI=1S/C16H23NO4/c1-19-9-10-20-7-4-8-21-16(18)15-12-17-11-13-5-2-3-6-14(13)15/h2-3,5-6,15,17H,4,7-12H2,1H3. The maximum atomic E-state index is 12.2. The van der Waals surface area contributed by atoms with Crippen molar-refractivity contribution in [3.8, 4) is 0 Å². The van der Waals surface area contributed by atoms with Crippen molar-refractivity contribution in [2.45, 2.75) is 18.9 Å². The fourth-order valence-corrected chi connectivity index (χ4v) is 2.39. The van der Waals surface area contributed by atoms with Crippen LogP contribution in [0.4, 0.5) is 0 Å². The molecule has 1 aromatic carbocycles. The van der Waals surface area contributed by atoms with Crippen LogP contribution in [0, 0.1) is 0 Å². The lowest BCUT2D eigenvalue weighted by Gasteiger charge is -2.24. The number of carbonyl (C=O) groups is 1. The van der Waals surface area contributed by atoms with Crippen LogP contribution in [0.5, 0.6) is 0 Å². The predicted molar refractivity (Wildman–Crippen MR) is 79.2 cm³/mol. The Bertz CT molecular complexity index is 450. The highest BCUT2D eigenvalue weighted by Crippen LogP contribution is 2.24. The molecular formula is C16H23NO4. The third kappa shape index (κ3) is 4.81. The minimum Gasteiger partial charge on any atom is -0.465 e. The molecular weight excluding hydrogens is 270 g/mol. The van der Waals surface area contributed by atoms with Gasteiger partial charge in [-0.1, -0.05) is 24.3 Å². The van der Waals surface area contributed by atoms with E-state index in [4.69, 9.17) is 14.2 Å². The molecule has 0 aromatic heterocycles. The van der Waals surface area contributed by atoms with Gasteiger partial charge in [0, 0.05) is 33.2 Å². The fourth-order valence-electron chi connectivity index (χ4n) is 2.39. The normalized spacial score (nSPS) is 17.3. The van der Waals surface area contributed by atoms with Gasteiger partial charge in [0.2, 0.25) is 0 Å². The fraction of sp³-hybridized carbons (Fsp3) is 0.562. The molecule has 0 amide bonds. The zero-order valence-corrected chi connectivity index (χ0v) is 12.5. The van der Waals surface area contributed by atoms with Crippen LogP contribution in [0.15, 0.2) is 24.3 Å². The van der Waals surface area contributed by atoms with Gasteiger partial charge in [-0.15, -0.1) is 0 Å². The molecule has 116 valence electrons. The molecule has 1 aliphatic heterocycles. The average Bonchev–Trinajstić information content (AvgIpc) is 2.53. The zero-order chi connectivity index (χ0) is 14.9. The predicted octanol–water partition coefficient (Wildman–Crippen LogP) is 1.47. The molecule has 0 spiro atoms. The van der Waals surface area contributed by atoms with Crippen LogP contribution in [0.25, 0.3) is 0 Å². The Morgan fingerprint density at radius 3 is 2.95 bits per heavy atom. The van der Waals surface area contributed by atoms with Crippen LogP contribution in [0.3, 0.4) is 0 Å². The largest absolute Gasteiger partial charge is 0.465 e. The Morgan fingerprint density at radius 1 is 1.24 bits per heavy atom. The van der Waals surface area contributed by atoms with E-state index in [0.29, 0.717) is 39.4 Å². The van der Waals surface area contributed by atoms with Crippen LogP contribution < -0.4 is 5.32 Å². The quantitative estimate of drug-likeness (QED) is 0.581. The number of hydrogen-bond donors (Lipinski definition) is 1. The Hall–Kier alpha value is -1.43.